The van der Waals surface area contributed by atoms with Crippen molar-refractivity contribution in [2.24, 2.45) is 0 Å². The van der Waals surface area contributed by atoms with Crippen molar-refractivity contribution >= 4 is 17.5 Å². The van der Waals surface area contributed by atoms with E-state index in [4.69, 9.17) is 4.74 Å². The van der Waals surface area contributed by atoms with Crippen LogP contribution in [-0.2, 0) is 11.3 Å². The lowest BCUT2D eigenvalue weighted by atomic mass is 9.99. The maximum absolute atomic E-state index is 12.2. The first kappa shape index (κ1) is 18.0. The second kappa shape index (κ2) is 8.52. The summed E-state index contributed by atoms with van der Waals surface area (Å²) >= 11 is 1.59. The van der Waals surface area contributed by atoms with E-state index in [-0.39, 0.29) is 5.25 Å². The van der Waals surface area contributed by atoms with Gasteiger partial charge in [-0.3, -0.25) is 4.79 Å². The Kier molecular flexibility index (Phi) is 6.13. The lowest BCUT2D eigenvalue weighted by Crippen LogP contribution is -2.22. The van der Waals surface area contributed by atoms with E-state index in [2.05, 4.69) is 21.7 Å². The van der Waals surface area contributed by atoms with Crippen LogP contribution in [0.3, 0.4) is 0 Å². The molecule has 2 aromatic rings. The van der Waals surface area contributed by atoms with Crippen molar-refractivity contribution in [3.8, 4) is 17.1 Å². The number of Topliss-reactive ketones (excluding diaryl/α,β-unsaturated/α-hetero) is 1. The fourth-order valence-corrected chi connectivity index (χ4v) is 4.23. The molecule has 5 nitrogen and oxygen atoms in total. The Bertz CT molecular complexity index is 712. The number of hydrogen-bond donors (Lipinski definition) is 0. The van der Waals surface area contributed by atoms with E-state index in [9.17, 15) is 4.79 Å². The molecule has 6 heteroatoms. The molecule has 1 aliphatic carbocycles. The van der Waals surface area contributed by atoms with Gasteiger partial charge in [0.05, 0.1) is 12.4 Å². The quantitative estimate of drug-likeness (QED) is 0.735. The minimum absolute atomic E-state index is 0.0297. The molecule has 0 spiro atoms. The van der Waals surface area contributed by atoms with Crippen molar-refractivity contribution in [3.63, 3.8) is 0 Å². The molecule has 1 heterocycles. The number of thioether (sulfide) groups is 1. The molecule has 134 valence electrons. The van der Waals surface area contributed by atoms with Crippen molar-refractivity contribution in [1.82, 2.24) is 14.8 Å². The maximum Gasteiger partial charge on any atom is 0.192 e. The molecule has 1 aromatic heterocycles. The Balaban J connectivity index is 1.87. The van der Waals surface area contributed by atoms with Crippen molar-refractivity contribution in [2.75, 3.05) is 7.11 Å². The SMILES string of the molecule is CCCCn1c(SC2CCCCC2=O)nnc1-c1ccc(OC)cc1. The Morgan fingerprint density at radius 3 is 2.72 bits per heavy atom. The topological polar surface area (TPSA) is 57.0 Å². The third-order valence-electron chi connectivity index (χ3n) is 4.55. The predicted molar refractivity (Wildman–Crippen MR) is 100 cm³/mol. The number of ether oxygens (including phenoxy) is 1. The van der Waals surface area contributed by atoms with Gasteiger partial charge in [-0.05, 0) is 43.5 Å². The van der Waals surface area contributed by atoms with E-state index < -0.39 is 0 Å². The van der Waals surface area contributed by atoms with Gasteiger partial charge in [0.25, 0.3) is 0 Å². The normalized spacial score (nSPS) is 17.7. The highest BCUT2D eigenvalue weighted by molar-refractivity contribution is 8.00. The zero-order valence-corrected chi connectivity index (χ0v) is 15.7. The molecule has 0 N–H and O–H groups in total. The van der Waals surface area contributed by atoms with Gasteiger partial charge in [-0.15, -0.1) is 10.2 Å². The van der Waals surface area contributed by atoms with Crippen molar-refractivity contribution in [2.45, 2.75) is 62.4 Å². The second-order valence-corrected chi connectivity index (χ2v) is 7.53. The van der Waals surface area contributed by atoms with Crippen LogP contribution < -0.4 is 4.74 Å². The molecule has 0 aliphatic heterocycles. The monoisotopic (exact) mass is 359 g/mol. The Morgan fingerprint density at radius 2 is 2.04 bits per heavy atom. The van der Waals surface area contributed by atoms with E-state index in [0.717, 1.165) is 60.9 Å². The number of carbonyl (C=O) groups is 1. The molecule has 1 aliphatic rings. The number of rotatable bonds is 7. The third-order valence-corrected chi connectivity index (χ3v) is 5.84. The standard InChI is InChI=1S/C19H25N3O2S/c1-3-4-13-22-18(14-9-11-15(24-2)12-10-14)20-21-19(22)25-17-8-6-5-7-16(17)23/h9-12,17H,3-8,13H2,1-2H3. The molecule has 1 atom stereocenters. The number of ketones is 1. The number of aromatic nitrogens is 3. The van der Waals surface area contributed by atoms with Crippen LogP contribution in [0.2, 0.25) is 0 Å². The van der Waals surface area contributed by atoms with Crippen LogP contribution in [0.4, 0.5) is 0 Å². The predicted octanol–water partition coefficient (Wildman–Crippen LogP) is 4.36. The van der Waals surface area contributed by atoms with Gasteiger partial charge in [0, 0.05) is 18.5 Å². The summed E-state index contributed by atoms with van der Waals surface area (Å²) in [4.78, 5) is 12.2. The minimum atomic E-state index is 0.0297. The molecular weight excluding hydrogens is 334 g/mol. The fraction of sp³-hybridized carbons (Fsp3) is 0.526. The molecule has 1 saturated carbocycles. The summed E-state index contributed by atoms with van der Waals surface area (Å²) in [5, 5.41) is 9.72. The molecule has 1 fully saturated rings. The molecule has 0 saturated heterocycles. The van der Waals surface area contributed by atoms with Gasteiger partial charge in [0.15, 0.2) is 11.0 Å². The largest absolute Gasteiger partial charge is 0.497 e. The molecule has 0 radical (unpaired) electrons. The van der Waals surface area contributed by atoms with Gasteiger partial charge >= 0.3 is 0 Å². The molecule has 1 unspecified atom stereocenters. The molecule has 25 heavy (non-hydrogen) atoms. The highest BCUT2D eigenvalue weighted by Crippen LogP contribution is 2.33. The highest BCUT2D eigenvalue weighted by atomic mass is 32.2. The Hall–Kier alpha value is -1.82. The summed E-state index contributed by atoms with van der Waals surface area (Å²) in [6.07, 6.45) is 5.96. The van der Waals surface area contributed by atoms with E-state index >= 15 is 0 Å². The number of unbranched alkanes of at least 4 members (excludes halogenated alkanes) is 1. The summed E-state index contributed by atoms with van der Waals surface area (Å²) in [5.41, 5.74) is 1.02. The summed E-state index contributed by atoms with van der Waals surface area (Å²) in [6, 6.07) is 7.88. The van der Waals surface area contributed by atoms with Gasteiger partial charge in [-0.2, -0.15) is 0 Å². The first-order chi connectivity index (χ1) is 12.2. The maximum atomic E-state index is 12.2. The van der Waals surface area contributed by atoms with Crippen LogP contribution >= 0.6 is 11.8 Å². The van der Waals surface area contributed by atoms with Crippen molar-refractivity contribution < 1.29 is 9.53 Å². The average molecular weight is 359 g/mol. The van der Waals surface area contributed by atoms with Crippen LogP contribution in [-0.4, -0.2) is 32.9 Å². The van der Waals surface area contributed by atoms with Gasteiger partial charge in [-0.1, -0.05) is 31.5 Å². The average Bonchev–Trinajstić information content (AvgIpc) is 3.04. The van der Waals surface area contributed by atoms with Crippen molar-refractivity contribution in [3.05, 3.63) is 24.3 Å². The van der Waals surface area contributed by atoms with E-state index in [1.165, 1.54) is 0 Å². The number of nitrogens with zero attached hydrogens (tertiary/aromatic N) is 3. The van der Waals surface area contributed by atoms with Crippen LogP contribution in [0.5, 0.6) is 5.75 Å². The van der Waals surface area contributed by atoms with E-state index in [0.29, 0.717) is 12.2 Å². The lowest BCUT2D eigenvalue weighted by molar-refractivity contribution is -0.119. The number of benzene rings is 1. The lowest BCUT2D eigenvalue weighted by Gasteiger charge is -2.19. The summed E-state index contributed by atoms with van der Waals surface area (Å²) in [5.74, 6) is 2.04. The van der Waals surface area contributed by atoms with Gasteiger partial charge in [0.1, 0.15) is 11.5 Å². The van der Waals surface area contributed by atoms with Crippen molar-refractivity contribution in [1.29, 1.82) is 0 Å². The Morgan fingerprint density at radius 1 is 1.24 bits per heavy atom. The number of methoxy groups -OCH3 is 1. The molecule has 0 bridgehead atoms. The molecular formula is C19H25N3O2S. The van der Waals surface area contributed by atoms with Crippen LogP contribution in [0, 0.1) is 0 Å². The Labute approximate surface area is 153 Å². The molecule has 1 aromatic carbocycles. The van der Waals surface area contributed by atoms with Gasteiger partial charge in [0.2, 0.25) is 0 Å². The van der Waals surface area contributed by atoms with Gasteiger partial charge < -0.3 is 9.30 Å². The first-order valence-electron chi connectivity index (χ1n) is 9.00. The van der Waals surface area contributed by atoms with E-state index in [1.54, 1.807) is 18.9 Å². The number of hydrogen-bond acceptors (Lipinski definition) is 5. The summed E-state index contributed by atoms with van der Waals surface area (Å²) in [6.45, 7) is 3.04. The summed E-state index contributed by atoms with van der Waals surface area (Å²) < 4.78 is 7.40. The smallest absolute Gasteiger partial charge is 0.192 e. The molecule has 0 amide bonds. The fourth-order valence-electron chi connectivity index (χ4n) is 3.05. The minimum Gasteiger partial charge on any atom is -0.497 e. The first-order valence-corrected chi connectivity index (χ1v) is 9.88. The van der Waals surface area contributed by atoms with Crippen LogP contribution in [0.25, 0.3) is 11.4 Å². The van der Waals surface area contributed by atoms with Gasteiger partial charge in [-0.25, -0.2) is 0 Å². The van der Waals surface area contributed by atoms with E-state index in [1.807, 2.05) is 24.3 Å². The van der Waals surface area contributed by atoms with Crippen LogP contribution in [0.15, 0.2) is 29.4 Å². The molecule has 3 rings (SSSR count). The highest BCUT2D eigenvalue weighted by Gasteiger charge is 2.26. The zero-order valence-electron chi connectivity index (χ0n) is 14.9. The number of carbonyl (C=O) groups excluding carboxylic acids is 1. The third kappa shape index (κ3) is 4.24. The summed E-state index contributed by atoms with van der Waals surface area (Å²) in [7, 11) is 1.66. The second-order valence-electron chi connectivity index (χ2n) is 6.36. The van der Waals surface area contributed by atoms with Crippen LogP contribution in [0.1, 0.15) is 45.4 Å². The zero-order chi connectivity index (χ0) is 17.6.